The topological polar surface area (TPSA) is 52.9 Å². The van der Waals surface area contributed by atoms with Crippen LogP contribution in [0.1, 0.15) is 24.8 Å². The van der Waals surface area contributed by atoms with Crippen molar-refractivity contribution in [1.29, 1.82) is 5.26 Å². The van der Waals surface area contributed by atoms with Gasteiger partial charge in [-0.25, -0.2) is 0 Å². The molecule has 1 amide bonds. The van der Waals surface area contributed by atoms with Gasteiger partial charge in [0.05, 0.1) is 22.9 Å². The number of nitrogens with one attached hydrogen (secondary N) is 1. The number of carbonyl (C=O) groups is 1. The number of hydrogen-bond acceptors (Lipinski definition) is 3. The molecule has 0 aromatic heterocycles. The average Bonchev–Trinajstić information content (AvgIpc) is 3.09. The summed E-state index contributed by atoms with van der Waals surface area (Å²) in [7, 11) is 0. The minimum atomic E-state index is -0.0267. The molecule has 0 spiro atoms. The van der Waals surface area contributed by atoms with Crippen molar-refractivity contribution in [3.63, 3.8) is 0 Å². The molecule has 17 heavy (non-hydrogen) atoms. The van der Waals surface area contributed by atoms with E-state index in [1.54, 1.807) is 11.8 Å². The number of benzene rings is 1. The lowest BCUT2D eigenvalue weighted by Crippen LogP contribution is -2.26. The Balaban J connectivity index is 1.90. The van der Waals surface area contributed by atoms with E-state index < -0.39 is 0 Å². The minimum Gasteiger partial charge on any atom is -0.324 e. The van der Waals surface area contributed by atoms with E-state index in [4.69, 9.17) is 5.26 Å². The van der Waals surface area contributed by atoms with Crippen LogP contribution < -0.4 is 5.32 Å². The van der Waals surface area contributed by atoms with Gasteiger partial charge in [-0.2, -0.15) is 5.26 Å². The molecule has 4 heteroatoms. The fraction of sp³-hybridized carbons (Fsp3) is 0.385. The van der Waals surface area contributed by atoms with Gasteiger partial charge in [0.2, 0.25) is 5.91 Å². The van der Waals surface area contributed by atoms with Gasteiger partial charge < -0.3 is 5.32 Å². The fourth-order valence-corrected chi connectivity index (χ4v) is 3.09. The summed E-state index contributed by atoms with van der Waals surface area (Å²) >= 11 is 1.59. The summed E-state index contributed by atoms with van der Waals surface area (Å²) in [6.07, 6.45) is 0.951. The molecule has 1 fully saturated rings. The molecular formula is C13H12N2OS. The second kappa shape index (κ2) is 3.78. The first-order chi connectivity index (χ1) is 8.19. The zero-order chi connectivity index (χ0) is 12.0. The molecule has 1 heterocycles. The molecule has 1 aromatic carbocycles. The van der Waals surface area contributed by atoms with Crippen LogP contribution in [0.3, 0.4) is 0 Å². The number of nitriles is 1. The zero-order valence-electron chi connectivity index (χ0n) is 9.43. The lowest BCUT2D eigenvalue weighted by molar-refractivity contribution is -0.115. The van der Waals surface area contributed by atoms with Crippen molar-refractivity contribution in [3.05, 3.63) is 23.8 Å². The van der Waals surface area contributed by atoms with E-state index in [2.05, 4.69) is 23.5 Å². The third-order valence-corrected chi connectivity index (χ3v) is 4.50. The third kappa shape index (κ3) is 1.81. The molecule has 3 unspecified atom stereocenters. The Labute approximate surface area is 104 Å². The number of nitrogens with zero attached hydrogens (tertiary/aromatic N) is 1. The molecule has 1 aliphatic heterocycles. The van der Waals surface area contributed by atoms with Crippen molar-refractivity contribution in [3.8, 4) is 6.07 Å². The average molecular weight is 244 g/mol. The van der Waals surface area contributed by atoms with Gasteiger partial charge in [0.1, 0.15) is 0 Å². The van der Waals surface area contributed by atoms with E-state index >= 15 is 0 Å². The molecule has 1 aliphatic carbocycles. The number of thioether (sulfide) groups is 1. The summed E-state index contributed by atoms with van der Waals surface area (Å²) < 4.78 is 0. The summed E-state index contributed by atoms with van der Waals surface area (Å²) in [5.74, 6) is 0.595. The Hall–Kier alpha value is -1.47. The Morgan fingerprint density at radius 2 is 2.35 bits per heavy atom. The highest BCUT2D eigenvalue weighted by atomic mass is 32.2. The van der Waals surface area contributed by atoms with Gasteiger partial charge in [-0.15, -0.1) is 11.8 Å². The number of anilines is 1. The van der Waals surface area contributed by atoms with Crippen LogP contribution in [0.5, 0.6) is 0 Å². The van der Waals surface area contributed by atoms with Gasteiger partial charge in [-0.3, -0.25) is 4.79 Å². The van der Waals surface area contributed by atoms with Crippen molar-refractivity contribution in [2.45, 2.75) is 29.4 Å². The van der Waals surface area contributed by atoms with Crippen molar-refractivity contribution < 1.29 is 4.79 Å². The number of carbonyl (C=O) groups excluding carboxylic acids is 1. The van der Waals surface area contributed by atoms with E-state index in [0.29, 0.717) is 5.92 Å². The van der Waals surface area contributed by atoms with Crippen molar-refractivity contribution >= 4 is 23.4 Å². The molecule has 1 saturated carbocycles. The second-order valence-electron chi connectivity index (χ2n) is 4.58. The first-order valence-corrected chi connectivity index (χ1v) is 6.58. The van der Waals surface area contributed by atoms with E-state index in [1.807, 2.05) is 13.0 Å². The maximum atomic E-state index is 11.6. The number of rotatable bonds is 1. The second-order valence-corrected chi connectivity index (χ2v) is 5.97. The van der Waals surface area contributed by atoms with Crippen LogP contribution in [-0.4, -0.2) is 11.2 Å². The van der Waals surface area contributed by atoms with Gasteiger partial charge in [0.15, 0.2) is 0 Å². The van der Waals surface area contributed by atoms with Crippen LogP contribution in [0.15, 0.2) is 23.1 Å². The summed E-state index contributed by atoms with van der Waals surface area (Å²) in [5, 5.41) is 11.7. The minimum absolute atomic E-state index is 0.0267. The zero-order valence-corrected chi connectivity index (χ0v) is 10.3. The molecule has 3 atom stereocenters. The number of fused-ring (bicyclic) bond motifs is 1. The Kier molecular flexibility index (Phi) is 2.37. The van der Waals surface area contributed by atoms with Gasteiger partial charge in [0, 0.05) is 10.8 Å². The van der Waals surface area contributed by atoms with Crippen molar-refractivity contribution in [1.82, 2.24) is 0 Å². The summed E-state index contributed by atoms with van der Waals surface area (Å²) in [6, 6.07) is 8.45. The van der Waals surface area contributed by atoms with Crippen LogP contribution in [0.2, 0.25) is 0 Å². The van der Waals surface area contributed by atoms with Gasteiger partial charge >= 0.3 is 0 Å². The molecule has 86 valence electrons. The Bertz CT molecular complexity index is 535. The Morgan fingerprint density at radius 1 is 1.53 bits per heavy atom. The monoisotopic (exact) mass is 244 g/mol. The molecule has 3 rings (SSSR count). The third-order valence-electron chi connectivity index (χ3n) is 3.32. The highest BCUT2D eigenvalue weighted by Crippen LogP contribution is 2.48. The predicted molar refractivity (Wildman–Crippen MR) is 66.9 cm³/mol. The van der Waals surface area contributed by atoms with Crippen LogP contribution in [0.4, 0.5) is 5.69 Å². The number of hydrogen-bond donors (Lipinski definition) is 1. The highest BCUT2D eigenvalue weighted by Gasteiger charge is 2.39. The van der Waals surface area contributed by atoms with E-state index in [0.717, 1.165) is 17.0 Å². The normalized spacial score (nSPS) is 30.1. The summed E-state index contributed by atoms with van der Waals surface area (Å²) in [5.41, 5.74) is 2.07. The van der Waals surface area contributed by atoms with Crippen molar-refractivity contribution in [2.24, 2.45) is 5.92 Å². The summed E-state index contributed by atoms with van der Waals surface area (Å²) in [4.78, 5) is 12.7. The number of amides is 1. The van der Waals surface area contributed by atoms with E-state index in [-0.39, 0.29) is 17.1 Å². The lowest BCUT2D eigenvalue weighted by atomic mass is 10.1. The SMILES string of the molecule is CC1Sc2ccc(C3CC3C#N)cc2NC1=O. The van der Waals surface area contributed by atoms with Crippen LogP contribution in [0, 0.1) is 17.2 Å². The predicted octanol–water partition coefficient (Wildman–Crippen LogP) is 2.75. The van der Waals surface area contributed by atoms with E-state index in [9.17, 15) is 4.79 Å². The molecule has 0 bridgehead atoms. The molecule has 1 aromatic rings. The molecule has 0 saturated heterocycles. The smallest absolute Gasteiger partial charge is 0.237 e. The fourth-order valence-electron chi connectivity index (χ4n) is 2.16. The standard InChI is InChI=1S/C13H12N2OS/c1-7-13(16)15-11-5-8(2-3-12(11)17-7)10-4-9(10)6-14/h2-3,5,7,9-10H,4H2,1H3,(H,15,16). The van der Waals surface area contributed by atoms with Crippen LogP contribution in [-0.2, 0) is 4.79 Å². The largest absolute Gasteiger partial charge is 0.324 e. The lowest BCUT2D eigenvalue weighted by Gasteiger charge is -2.21. The summed E-state index contributed by atoms with van der Waals surface area (Å²) in [6.45, 7) is 1.91. The van der Waals surface area contributed by atoms with E-state index in [1.165, 1.54) is 5.56 Å². The Morgan fingerprint density at radius 3 is 3.06 bits per heavy atom. The molecule has 3 nitrogen and oxygen atoms in total. The first kappa shape index (κ1) is 10.7. The molecule has 1 N–H and O–H groups in total. The molecule has 2 aliphatic rings. The van der Waals surface area contributed by atoms with Gasteiger partial charge in [0.25, 0.3) is 0 Å². The highest BCUT2D eigenvalue weighted by molar-refractivity contribution is 8.00. The molecular weight excluding hydrogens is 232 g/mol. The van der Waals surface area contributed by atoms with Gasteiger partial charge in [-0.05, 0) is 31.0 Å². The van der Waals surface area contributed by atoms with Crippen LogP contribution in [0.25, 0.3) is 0 Å². The molecule has 0 radical (unpaired) electrons. The maximum absolute atomic E-state index is 11.6. The van der Waals surface area contributed by atoms with Crippen LogP contribution >= 0.6 is 11.8 Å². The van der Waals surface area contributed by atoms with Crippen molar-refractivity contribution in [2.75, 3.05) is 5.32 Å². The first-order valence-electron chi connectivity index (χ1n) is 5.70. The quantitative estimate of drug-likeness (QED) is 0.826. The maximum Gasteiger partial charge on any atom is 0.237 e. The van der Waals surface area contributed by atoms with Gasteiger partial charge in [-0.1, -0.05) is 6.07 Å².